The van der Waals surface area contributed by atoms with Crippen LogP contribution in [-0.4, -0.2) is 44.2 Å². The zero-order valence-electron chi connectivity index (χ0n) is 12.6. The number of benzene rings is 1. The molecule has 1 unspecified atom stereocenters. The quantitative estimate of drug-likeness (QED) is 0.904. The third-order valence-electron chi connectivity index (χ3n) is 3.97. The topological polar surface area (TPSA) is 64.8 Å². The molecule has 22 heavy (non-hydrogen) atoms. The van der Waals surface area contributed by atoms with Gasteiger partial charge in [-0.1, -0.05) is 13.0 Å². The van der Waals surface area contributed by atoms with E-state index in [0.29, 0.717) is 19.6 Å². The van der Waals surface area contributed by atoms with Gasteiger partial charge in [0.25, 0.3) is 5.91 Å². The Bertz CT molecular complexity index is 554. The molecule has 1 atom stereocenters. The maximum Gasteiger partial charge on any atom is 0.387 e. The zero-order chi connectivity index (χ0) is 16.3. The first-order valence-electron chi connectivity index (χ1n) is 7.01. The number of hydrogen-bond acceptors (Lipinski definition) is 4. The van der Waals surface area contributed by atoms with Crippen LogP contribution in [0.3, 0.4) is 0 Å². The molecule has 1 aromatic carbocycles. The molecule has 7 heteroatoms. The van der Waals surface area contributed by atoms with E-state index in [2.05, 4.69) is 4.74 Å². The van der Waals surface area contributed by atoms with Crippen LogP contribution in [0.15, 0.2) is 18.2 Å². The van der Waals surface area contributed by atoms with E-state index in [1.807, 2.05) is 6.92 Å². The first kappa shape index (κ1) is 16.5. The highest BCUT2D eigenvalue weighted by Gasteiger charge is 2.36. The normalized spacial score (nSPS) is 21.3. The maximum atomic E-state index is 12.6. The summed E-state index contributed by atoms with van der Waals surface area (Å²) in [5, 5.41) is 0. The van der Waals surface area contributed by atoms with Crippen LogP contribution in [0, 0.1) is 5.41 Å². The van der Waals surface area contributed by atoms with Gasteiger partial charge in [-0.05, 0) is 30.5 Å². The summed E-state index contributed by atoms with van der Waals surface area (Å²) in [5.74, 6) is -0.481. The number of para-hydroxylation sites is 1. The lowest BCUT2D eigenvalue weighted by Gasteiger charge is -2.23. The molecule has 1 aliphatic heterocycles. The lowest BCUT2D eigenvalue weighted by molar-refractivity contribution is -0.0516. The predicted molar refractivity (Wildman–Crippen MR) is 77.3 cm³/mol. The second-order valence-corrected chi connectivity index (χ2v) is 5.71. The number of carbonyl (C=O) groups is 1. The molecule has 1 aromatic rings. The molecule has 1 heterocycles. The van der Waals surface area contributed by atoms with Gasteiger partial charge in [0, 0.05) is 13.1 Å². The van der Waals surface area contributed by atoms with E-state index in [0.717, 1.165) is 6.42 Å². The van der Waals surface area contributed by atoms with Crippen molar-refractivity contribution in [3.63, 3.8) is 0 Å². The van der Waals surface area contributed by atoms with E-state index in [1.165, 1.54) is 19.2 Å². The maximum absolute atomic E-state index is 12.6. The number of alkyl halides is 2. The number of likely N-dealkylation sites (tertiary alicyclic amines) is 1. The predicted octanol–water partition coefficient (Wildman–Crippen LogP) is 2.11. The van der Waals surface area contributed by atoms with Gasteiger partial charge in [-0.15, -0.1) is 0 Å². The second kappa shape index (κ2) is 6.48. The molecule has 0 aromatic heterocycles. The van der Waals surface area contributed by atoms with Crippen LogP contribution in [-0.2, 0) is 0 Å². The van der Waals surface area contributed by atoms with Crippen molar-refractivity contribution in [2.75, 3.05) is 26.7 Å². The molecular weight excluding hydrogens is 294 g/mol. The summed E-state index contributed by atoms with van der Waals surface area (Å²) in [6.07, 6.45) is 0.782. The SMILES string of the molecule is COc1cccc(C(=O)N2CCC(C)(CN)C2)c1OC(F)F. The van der Waals surface area contributed by atoms with Crippen LogP contribution in [0.1, 0.15) is 23.7 Å². The fourth-order valence-electron chi connectivity index (χ4n) is 2.59. The van der Waals surface area contributed by atoms with Crippen LogP contribution >= 0.6 is 0 Å². The first-order valence-corrected chi connectivity index (χ1v) is 7.01. The minimum absolute atomic E-state index is 0.0703. The number of nitrogens with zero attached hydrogens (tertiary/aromatic N) is 1. The summed E-state index contributed by atoms with van der Waals surface area (Å²) >= 11 is 0. The molecule has 0 spiro atoms. The second-order valence-electron chi connectivity index (χ2n) is 5.71. The van der Waals surface area contributed by atoms with Gasteiger partial charge in [-0.25, -0.2) is 0 Å². The summed E-state index contributed by atoms with van der Waals surface area (Å²) < 4.78 is 34.7. The van der Waals surface area contributed by atoms with Crippen molar-refractivity contribution in [3.8, 4) is 11.5 Å². The molecule has 1 amide bonds. The highest BCUT2D eigenvalue weighted by Crippen LogP contribution is 2.35. The Morgan fingerprint density at radius 1 is 1.50 bits per heavy atom. The summed E-state index contributed by atoms with van der Waals surface area (Å²) in [4.78, 5) is 14.2. The third-order valence-corrected chi connectivity index (χ3v) is 3.97. The molecule has 0 bridgehead atoms. The van der Waals surface area contributed by atoms with Crippen LogP contribution in [0.25, 0.3) is 0 Å². The lowest BCUT2D eigenvalue weighted by Crippen LogP contribution is -2.34. The van der Waals surface area contributed by atoms with Crippen LogP contribution < -0.4 is 15.2 Å². The summed E-state index contributed by atoms with van der Waals surface area (Å²) in [5.41, 5.74) is 5.66. The van der Waals surface area contributed by atoms with Crippen molar-refractivity contribution >= 4 is 5.91 Å². The molecule has 0 saturated carbocycles. The van der Waals surface area contributed by atoms with E-state index in [1.54, 1.807) is 11.0 Å². The Morgan fingerprint density at radius 2 is 2.23 bits per heavy atom. The average Bonchev–Trinajstić information content (AvgIpc) is 2.89. The fraction of sp³-hybridized carbons (Fsp3) is 0.533. The van der Waals surface area contributed by atoms with E-state index >= 15 is 0 Å². The standard InChI is InChI=1S/C15H20F2N2O3/c1-15(8-18)6-7-19(9-15)13(20)10-4-3-5-11(21-2)12(10)22-14(16)17/h3-5,14H,6-9,18H2,1-2H3. The lowest BCUT2D eigenvalue weighted by atomic mass is 9.90. The highest BCUT2D eigenvalue weighted by molar-refractivity contribution is 5.98. The first-order chi connectivity index (χ1) is 10.4. The number of methoxy groups -OCH3 is 1. The third kappa shape index (κ3) is 3.30. The molecule has 1 saturated heterocycles. The number of nitrogens with two attached hydrogens (primary N) is 1. The Morgan fingerprint density at radius 3 is 2.77 bits per heavy atom. The van der Waals surface area contributed by atoms with Gasteiger partial charge in [0.05, 0.1) is 12.7 Å². The minimum atomic E-state index is -3.03. The van der Waals surface area contributed by atoms with E-state index < -0.39 is 6.61 Å². The molecule has 1 aliphatic rings. The smallest absolute Gasteiger partial charge is 0.387 e. The largest absolute Gasteiger partial charge is 0.493 e. The van der Waals surface area contributed by atoms with Crippen LogP contribution in [0.4, 0.5) is 8.78 Å². The molecule has 0 radical (unpaired) electrons. The monoisotopic (exact) mass is 314 g/mol. The molecule has 5 nitrogen and oxygen atoms in total. The summed E-state index contributed by atoms with van der Waals surface area (Å²) in [6.45, 7) is 0.471. The van der Waals surface area contributed by atoms with Gasteiger partial charge >= 0.3 is 6.61 Å². The molecule has 2 rings (SSSR count). The Hall–Kier alpha value is -1.89. The van der Waals surface area contributed by atoms with E-state index in [-0.39, 0.29) is 28.4 Å². The number of halogens is 2. The van der Waals surface area contributed by atoms with Gasteiger partial charge in [-0.3, -0.25) is 4.79 Å². The van der Waals surface area contributed by atoms with Crippen molar-refractivity contribution in [2.24, 2.45) is 11.1 Å². The Balaban J connectivity index is 2.30. The zero-order valence-corrected chi connectivity index (χ0v) is 12.6. The summed E-state index contributed by atoms with van der Waals surface area (Å²) in [7, 11) is 1.34. The van der Waals surface area contributed by atoms with Crippen LogP contribution in [0.2, 0.25) is 0 Å². The average molecular weight is 314 g/mol. The van der Waals surface area contributed by atoms with Crippen LogP contribution in [0.5, 0.6) is 11.5 Å². The van der Waals surface area contributed by atoms with Gasteiger partial charge in [0.15, 0.2) is 11.5 Å². The molecular formula is C15H20F2N2O3. The number of ether oxygens (including phenoxy) is 2. The number of rotatable bonds is 5. The van der Waals surface area contributed by atoms with E-state index in [9.17, 15) is 13.6 Å². The number of carbonyl (C=O) groups excluding carboxylic acids is 1. The van der Waals surface area contributed by atoms with Gasteiger partial charge in [0.2, 0.25) is 0 Å². The Kier molecular flexibility index (Phi) is 4.85. The van der Waals surface area contributed by atoms with Crippen molar-refractivity contribution in [2.45, 2.75) is 20.0 Å². The Labute approximate surface area is 128 Å². The minimum Gasteiger partial charge on any atom is -0.493 e. The number of amides is 1. The highest BCUT2D eigenvalue weighted by atomic mass is 19.3. The molecule has 2 N–H and O–H groups in total. The van der Waals surface area contributed by atoms with Gasteiger partial charge in [-0.2, -0.15) is 8.78 Å². The number of hydrogen-bond donors (Lipinski definition) is 1. The fourth-order valence-corrected chi connectivity index (χ4v) is 2.59. The van der Waals surface area contributed by atoms with Gasteiger partial charge in [0.1, 0.15) is 0 Å². The molecule has 1 fully saturated rings. The van der Waals surface area contributed by atoms with Gasteiger partial charge < -0.3 is 20.1 Å². The van der Waals surface area contributed by atoms with Crippen molar-refractivity contribution < 1.29 is 23.0 Å². The van der Waals surface area contributed by atoms with Crippen molar-refractivity contribution in [3.05, 3.63) is 23.8 Å². The van der Waals surface area contributed by atoms with Crippen molar-refractivity contribution in [1.29, 1.82) is 0 Å². The van der Waals surface area contributed by atoms with Crippen molar-refractivity contribution in [1.82, 2.24) is 4.90 Å². The molecule has 122 valence electrons. The van der Waals surface area contributed by atoms with E-state index in [4.69, 9.17) is 10.5 Å². The molecule has 0 aliphatic carbocycles. The summed E-state index contributed by atoms with van der Waals surface area (Å²) in [6, 6.07) is 4.51.